The van der Waals surface area contributed by atoms with Crippen molar-refractivity contribution in [1.29, 1.82) is 0 Å². The van der Waals surface area contributed by atoms with Crippen LogP contribution in [0.1, 0.15) is 0 Å². The smallest absolute Gasteiger partial charge is 0.166 e. The normalized spacial score (nSPS) is 12.1. The Morgan fingerprint density at radius 1 is 0.317 bits per heavy atom. The van der Waals surface area contributed by atoms with E-state index in [1.54, 1.807) is 0 Å². The van der Waals surface area contributed by atoms with Gasteiger partial charge < -0.3 is 13.4 Å². The molecule has 0 aliphatic heterocycles. The Bertz CT molecular complexity index is 4230. The number of fused-ring (bicyclic) bond motifs is 12. The molecule has 0 saturated carbocycles. The van der Waals surface area contributed by atoms with Gasteiger partial charge in [0.1, 0.15) is 22.3 Å². The molecule has 0 radical (unpaired) electrons. The molecule has 63 heavy (non-hydrogen) atoms. The highest BCUT2D eigenvalue weighted by molar-refractivity contribution is 6.19. The van der Waals surface area contributed by atoms with Crippen LogP contribution in [0.2, 0.25) is 0 Å². The second-order valence-electron chi connectivity index (χ2n) is 16.4. The van der Waals surface area contributed by atoms with E-state index in [-0.39, 0.29) is 0 Å². The predicted octanol–water partition coefficient (Wildman–Crippen LogP) is 15.2. The summed E-state index contributed by atoms with van der Waals surface area (Å²) in [5.74, 6) is 1.68. The van der Waals surface area contributed by atoms with Crippen LogP contribution in [0.4, 0.5) is 0 Å². The van der Waals surface area contributed by atoms with Crippen molar-refractivity contribution < 1.29 is 8.83 Å². The van der Waals surface area contributed by atoms with Gasteiger partial charge in [-0.3, -0.25) is 0 Å². The van der Waals surface area contributed by atoms with Crippen LogP contribution in [0.3, 0.4) is 0 Å². The van der Waals surface area contributed by atoms with Crippen molar-refractivity contribution in [2.75, 3.05) is 0 Å². The van der Waals surface area contributed by atoms with Crippen molar-refractivity contribution in [3.05, 3.63) is 194 Å². The lowest BCUT2D eigenvalue weighted by atomic mass is 10.0. The van der Waals surface area contributed by atoms with Gasteiger partial charge in [-0.1, -0.05) is 121 Å². The molecule has 0 bridgehead atoms. The van der Waals surface area contributed by atoms with E-state index < -0.39 is 0 Å². The van der Waals surface area contributed by atoms with Gasteiger partial charge in [0.15, 0.2) is 17.5 Å². The highest BCUT2D eigenvalue weighted by Gasteiger charge is 2.25. The zero-order valence-electron chi connectivity index (χ0n) is 33.6. The lowest BCUT2D eigenvalue weighted by Gasteiger charge is -2.16. The monoisotopic (exact) mass is 804 g/mol. The zero-order chi connectivity index (χ0) is 41.2. The van der Waals surface area contributed by atoms with Gasteiger partial charge in [-0.25, -0.2) is 15.0 Å². The Labute approximate surface area is 358 Å². The highest BCUT2D eigenvalue weighted by atomic mass is 16.3. The van der Waals surface area contributed by atoms with Gasteiger partial charge >= 0.3 is 0 Å². The first-order valence-corrected chi connectivity index (χ1v) is 21.2. The molecule has 6 heteroatoms. The van der Waals surface area contributed by atoms with E-state index in [0.29, 0.717) is 17.5 Å². The SMILES string of the molecule is c1ccc2cc(-c3nc(-c4ccc5oc6ccccc6c5c4)nc(-c4c(-n5c6ccccc6c6cc7ccccc7cc65)ccc5oc6cc7ccccc7cc6c45)n3)ccc2c1. The molecule has 0 unspecified atom stereocenters. The van der Waals surface area contributed by atoms with Gasteiger partial charge in [-0.2, -0.15) is 0 Å². The summed E-state index contributed by atoms with van der Waals surface area (Å²) in [6.07, 6.45) is 0. The van der Waals surface area contributed by atoms with E-state index in [9.17, 15) is 0 Å². The minimum atomic E-state index is 0.545. The molecule has 6 nitrogen and oxygen atoms in total. The Hall–Kier alpha value is -8.61. The van der Waals surface area contributed by atoms with Gasteiger partial charge in [0, 0.05) is 43.4 Å². The number of nitrogens with zero attached hydrogens (tertiary/aromatic N) is 4. The van der Waals surface area contributed by atoms with Crippen LogP contribution in [-0.2, 0) is 0 Å². The summed E-state index contributed by atoms with van der Waals surface area (Å²) in [4.78, 5) is 16.3. The third kappa shape index (κ3) is 5.15. The maximum Gasteiger partial charge on any atom is 0.166 e. The first-order valence-electron chi connectivity index (χ1n) is 21.2. The van der Waals surface area contributed by atoms with Gasteiger partial charge in [0.2, 0.25) is 0 Å². The minimum Gasteiger partial charge on any atom is -0.456 e. The van der Waals surface area contributed by atoms with Crippen LogP contribution in [0, 0.1) is 0 Å². The number of furan rings is 2. The third-order valence-corrected chi connectivity index (χ3v) is 12.8. The average molecular weight is 805 g/mol. The van der Waals surface area contributed by atoms with Crippen molar-refractivity contribution >= 4 is 98.0 Å². The van der Waals surface area contributed by atoms with Crippen LogP contribution < -0.4 is 0 Å². The molecule has 0 N–H and O–H groups in total. The molecule has 14 aromatic rings. The lowest BCUT2D eigenvalue weighted by Crippen LogP contribution is -2.04. The molecular formula is C57H32N4O2. The van der Waals surface area contributed by atoms with Crippen molar-refractivity contribution in [2.24, 2.45) is 0 Å². The quantitative estimate of drug-likeness (QED) is 0.177. The Balaban J connectivity index is 1.13. The van der Waals surface area contributed by atoms with Crippen molar-refractivity contribution in [3.63, 3.8) is 0 Å². The van der Waals surface area contributed by atoms with Gasteiger partial charge in [0.25, 0.3) is 0 Å². The fraction of sp³-hybridized carbons (Fsp3) is 0. The Morgan fingerprint density at radius 2 is 0.873 bits per heavy atom. The van der Waals surface area contributed by atoms with E-state index in [2.05, 4.69) is 168 Å². The second kappa shape index (κ2) is 12.9. The number of rotatable bonds is 4. The maximum absolute atomic E-state index is 6.79. The molecule has 0 atom stereocenters. The molecule has 0 spiro atoms. The summed E-state index contributed by atoms with van der Waals surface area (Å²) in [5.41, 5.74) is 8.95. The molecule has 292 valence electrons. The van der Waals surface area contributed by atoms with Crippen molar-refractivity contribution in [1.82, 2.24) is 19.5 Å². The molecule has 4 heterocycles. The van der Waals surface area contributed by atoms with E-state index in [1.165, 1.54) is 21.5 Å². The summed E-state index contributed by atoms with van der Waals surface area (Å²) < 4.78 is 15.4. The van der Waals surface area contributed by atoms with Crippen molar-refractivity contribution in [2.45, 2.75) is 0 Å². The van der Waals surface area contributed by atoms with Gasteiger partial charge in [-0.05, 0) is 105 Å². The van der Waals surface area contributed by atoms with Crippen LogP contribution in [-0.4, -0.2) is 19.5 Å². The fourth-order valence-corrected chi connectivity index (χ4v) is 9.81. The predicted molar refractivity (Wildman–Crippen MR) is 258 cm³/mol. The second-order valence-corrected chi connectivity index (χ2v) is 16.4. The molecule has 4 aromatic heterocycles. The lowest BCUT2D eigenvalue weighted by molar-refractivity contribution is 0.668. The summed E-state index contributed by atoms with van der Waals surface area (Å²) in [6.45, 7) is 0. The first kappa shape index (κ1) is 34.1. The number of para-hydroxylation sites is 2. The topological polar surface area (TPSA) is 69.9 Å². The molecular weight excluding hydrogens is 773 g/mol. The summed E-state index contributed by atoms with van der Waals surface area (Å²) in [6, 6.07) is 68.1. The Morgan fingerprint density at radius 3 is 1.67 bits per heavy atom. The van der Waals surface area contributed by atoms with Gasteiger partial charge in [0.05, 0.1) is 22.3 Å². The van der Waals surface area contributed by atoms with Crippen LogP contribution in [0.15, 0.2) is 203 Å². The first-order chi connectivity index (χ1) is 31.2. The van der Waals surface area contributed by atoms with Crippen LogP contribution >= 0.6 is 0 Å². The van der Waals surface area contributed by atoms with Crippen molar-refractivity contribution in [3.8, 4) is 39.9 Å². The third-order valence-electron chi connectivity index (χ3n) is 12.8. The molecule has 0 saturated heterocycles. The summed E-state index contributed by atoms with van der Waals surface area (Å²) >= 11 is 0. The molecule has 0 fully saturated rings. The standard InChI is InChI=1S/C57H32N4O2/c1-2-12-34-27-39(22-21-33(34)11-1)55-58-56(40-23-25-50-44(30-40)42-18-8-10-20-49(42)62-50)60-57(59-55)54-47(24-26-51-53(54)45-29-36-14-4-6-16-38(36)32-52(45)63-51)61-46-19-9-7-17-41(46)43-28-35-13-3-5-15-37(35)31-48(43)61/h1-32H. The van der Waals surface area contributed by atoms with E-state index >= 15 is 0 Å². The zero-order valence-corrected chi connectivity index (χ0v) is 33.6. The highest BCUT2D eigenvalue weighted by Crippen LogP contribution is 2.45. The summed E-state index contributed by atoms with van der Waals surface area (Å²) in [7, 11) is 0. The van der Waals surface area contributed by atoms with E-state index in [4.69, 9.17) is 23.8 Å². The van der Waals surface area contributed by atoms with Crippen LogP contribution in [0.5, 0.6) is 0 Å². The number of aromatic nitrogens is 4. The molecule has 0 aliphatic carbocycles. The maximum atomic E-state index is 6.79. The number of hydrogen-bond acceptors (Lipinski definition) is 5. The number of hydrogen-bond donors (Lipinski definition) is 0. The van der Waals surface area contributed by atoms with E-state index in [1.807, 2.05) is 30.3 Å². The summed E-state index contributed by atoms with van der Waals surface area (Å²) in [5, 5.41) is 13.2. The fourth-order valence-electron chi connectivity index (χ4n) is 9.81. The molecule has 0 amide bonds. The van der Waals surface area contributed by atoms with E-state index in [0.717, 1.165) is 98.8 Å². The molecule has 10 aromatic carbocycles. The molecule has 14 rings (SSSR count). The molecule has 0 aliphatic rings. The Kier molecular flexibility index (Phi) is 7.02. The largest absolute Gasteiger partial charge is 0.456 e. The minimum absolute atomic E-state index is 0.545. The van der Waals surface area contributed by atoms with Gasteiger partial charge in [-0.15, -0.1) is 0 Å². The number of benzene rings is 10. The van der Waals surface area contributed by atoms with Crippen LogP contribution in [0.25, 0.3) is 138 Å². The average Bonchev–Trinajstić information content (AvgIpc) is 4.00.